The van der Waals surface area contributed by atoms with Crippen LogP contribution < -0.4 is 0 Å². The predicted molar refractivity (Wildman–Crippen MR) is 110 cm³/mol. The van der Waals surface area contributed by atoms with E-state index in [1.54, 1.807) is 25.7 Å². The number of hydrogen-bond acceptors (Lipinski definition) is 4. The molecule has 0 aliphatic heterocycles. The van der Waals surface area contributed by atoms with Gasteiger partial charge in [-0.1, -0.05) is 38.1 Å². The van der Waals surface area contributed by atoms with Crippen molar-refractivity contribution >= 4 is 16.7 Å². The second-order valence-electron chi connectivity index (χ2n) is 6.64. The molecule has 0 spiro atoms. The first-order valence-electron chi connectivity index (χ1n) is 9.34. The molecule has 142 valence electrons. The van der Waals surface area contributed by atoms with Crippen LogP contribution in [0.25, 0.3) is 10.9 Å². The van der Waals surface area contributed by atoms with E-state index in [1.807, 2.05) is 64.1 Å². The molecular weight excluding hydrogens is 336 g/mol. The number of carbonyl (C=O) groups excluding carboxylic acids is 1. The fourth-order valence-corrected chi connectivity index (χ4v) is 3.13. The number of ether oxygens (including phenoxy) is 1. The summed E-state index contributed by atoms with van der Waals surface area (Å²) in [4.78, 5) is 21.2. The minimum Gasteiger partial charge on any atom is -0.374 e. The molecule has 2 heterocycles. The highest BCUT2D eigenvalue weighted by Crippen LogP contribution is 2.33. The summed E-state index contributed by atoms with van der Waals surface area (Å²) in [6.45, 7) is 8.04. The second kappa shape index (κ2) is 9.38. The zero-order valence-corrected chi connectivity index (χ0v) is 16.8. The maximum absolute atomic E-state index is 12.6. The summed E-state index contributed by atoms with van der Waals surface area (Å²) < 4.78 is 5.72. The lowest BCUT2D eigenvalue weighted by molar-refractivity contribution is -0.117. The molecule has 0 atom stereocenters. The lowest BCUT2D eigenvalue weighted by atomic mass is 9.88. The first kappa shape index (κ1) is 20.7. The molecule has 0 radical (unpaired) electrons. The molecular formula is C23H28N2O2. The first-order chi connectivity index (χ1) is 13.0. The van der Waals surface area contributed by atoms with Crippen molar-refractivity contribution in [3.8, 4) is 0 Å². The lowest BCUT2D eigenvalue weighted by Gasteiger charge is -2.27. The number of benzene rings is 1. The zero-order valence-electron chi connectivity index (χ0n) is 16.8. The fourth-order valence-electron chi connectivity index (χ4n) is 3.13. The zero-order chi connectivity index (χ0) is 19.9. The van der Waals surface area contributed by atoms with Crippen molar-refractivity contribution in [3.63, 3.8) is 0 Å². The standard InChI is InChI=1S/C21H22N2O2.C2H6/c1-21(2,25-3)20-16(14-23-19-9-5-4-8-18(19)20)12-17(24)11-15-7-6-10-22-13-15;1-2/h4-10,13-14H,11-12H2,1-3H3;1-2H3. The molecule has 2 aromatic heterocycles. The Labute approximate surface area is 161 Å². The number of pyridine rings is 2. The first-order valence-corrected chi connectivity index (χ1v) is 9.34. The Hall–Kier alpha value is -2.59. The molecule has 0 bridgehead atoms. The summed E-state index contributed by atoms with van der Waals surface area (Å²) in [6, 6.07) is 11.7. The molecule has 0 unspecified atom stereocenters. The molecule has 0 saturated heterocycles. The van der Waals surface area contributed by atoms with Gasteiger partial charge in [0.15, 0.2) is 0 Å². The number of para-hydroxylation sites is 1. The van der Waals surface area contributed by atoms with Crippen molar-refractivity contribution in [3.05, 3.63) is 71.7 Å². The van der Waals surface area contributed by atoms with Gasteiger partial charge in [0.1, 0.15) is 5.78 Å². The highest BCUT2D eigenvalue weighted by molar-refractivity contribution is 5.88. The predicted octanol–water partition coefficient (Wildman–Crippen LogP) is 4.89. The maximum Gasteiger partial charge on any atom is 0.141 e. The van der Waals surface area contributed by atoms with Gasteiger partial charge in [-0.3, -0.25) is 14.8 Å². The molecule has 0 amide bonds. The number of ketones is 1. The van der Waals surface area contributed by atoms with Gasteiger partial charge >= 0.3 is 0 Å². The third-order valence-electron chi connectivity index (χ3n) is 4.48. The van der Waals surface area contributed by atoms with E-state index in [4.69, 9.17) is 4.74 Å². The molecule has 3 rings (SSSR count). The molecule has 3 aromatic rings. The smallest absolute Gasteiger partial charge is 0.141 e. The van der Waals surface area contributed by atoms with E-state index in [9.17, 15) is 4.79 Å². The summed E-state index contributed by atoms with van der Waals surface area (Å²) in [6.07, 6.45) is 5.94. The van der Waals surface area contributed by atoms with Gasteiger partial charge in [0.05, 0.1) is 11.1 Å². The van der Waals surface area contributed by atoms with Crippen LogP contribution in [0, 0.1) is 0 Å². The fraction of sp³-hybridized carbons (Fsp3) is 0.348. The molecule has 1 aromatic carbocycles. The van der Waals surface area contributed by atoms with Gasteiger partial charge in [-0.25, -0.2) is 0 Å². The number of hydrogen-bond donors (Lipinski definition) is 0. The molecule has 0 saturated carbocycles. The molecule has 0 N–H and O–H groups in total. The summed E-state index contributed by atoms with van der Waals surface area (Å²) in [5.41, 5.74) is 3.27. The number of rotatable bonds is 6. The van der Waals surface area contributed by atoms with E-state index >= 15 is 0 Å². The molecule has 4 nitrogen and oxygen atoms in total. The number of methoxy groups -OCH3 is 1. The summed E-state index contributed by atoms with van der Waals surface area (Å²) in [5, 5.41) is 1.03. The second-order valence-corrected chi connectivity index (χ2v) is 6.64. The Kier molecular flexibility index (Phi) is 7.19. The Bertz CT molecular complexity index is 889. The van der Waals surface area contributed by atoms with Gasteiger partial charge < -0.3 is 4.74 Å². The van der Waals surface area contributed by atoms with Gasteiger partial charge in [-0.05, 0) is 42.7 Å². The van der Waals surface area contributed by atoms with Crippen molar-refractivity contribution in [1.29, 1.82) is 0 Å². The molecule has 0 aliphatic carbocycles. The van der Waals surface area contributed by atoms with Crippen molar-refractivity contribution < 1.29 is 9.53 Å². The highest BCUT2D eigenvalue weighted by Gasteiger charge is 2.26. The van der Waals surface area contributed by atoms with Gasteiger partial charge in [0.25, 0.3) is 0 Å². The van der Waals surface area contributed by atoms with Crippen LogP contribution in [0.3, 0.4) is 0 Å². The van der Waals surface area contributed by atoms with Crippen molar-refractivity contribution in [1.82, 2.24) is 9.97 Å². The van der Waals surface area contributed by atoms with Crippen LogP contribution in [0.15, 0.2) is 55.0 Å². The summed E-state index contributed by atoms with van der Waals surface area (Å²) in [7, 11) is 1.69. The van der Waals surface area contributed by atoms with E-state index in [-0.39, 0.29) is 5.78 Å². The van der Waals surface area contributed by atoms with Crippen molar-refractivity contribution in [2.75, 3.05) is 7.11 Å². The van der Waals surface area contributed by atoms with Crippen LogP contribution >= 0.6 is 0 Å². The maximum atomic E-state index is 12.6. The number of aromatic nitrogens is 2. The van der Waals surface area contributed by atoms with E-state index in [0.717, 1.165) is 27.6 Å². The third kappa shape index (κ3) is 4.98. The number of nitrogens with zero attached hydrogens (tertiary/aromatic N) is 2. The Balaban J connectivity index is 0.00000126. The number of carbonyl (C=O) groups is 1. The monoisotopic (exact) mass is 364 g/mol. The van der Waals surface area contributed by atoms with Crippen molar-refractivity contribution in [2.45, 2.75) is 46.1 Å². The van der Waals surface area contributed by atoms with Gasteiger partial charge in [0, 0.05) is 43.9 Å². The number of Topliss-reactive ketones (excluding diaryl/α,β-unsaturated/α-hetero) is 1. The van der Waals surface area contributed by atoms with Gasteiger partial charge in [-0.2, -0.15) is 0 Å². The average molecular weight is 364 g/mol. The largest absolute Gasteiger partial charge is 0.374 e. The average Bonchev–Trinajstić information content (AvgIpc) is 2.70. The minimum atomic E-state index is -0.507. The third-order valence-corrected chi connectivity index (χ3v) is 4.48. The number of fused-ring (bicyclic) bond motifs is 1. The van der Waals surface area contributed by atoms with E-state index in [2.05, 4.69) is 9.97 Å². The highest BCUT2D eigenvalue weighted by atomic mass is 16.5. The summed E-state index contributed by atoms with van der Waals surface area (Å²) >= 11 is 0. The van der Waals surface area contributed by atoms with Crippen LogP contribution in [0.2, 0.25) is 0 Å². The minimum absolute atomic E-state index is 0.137. The lowest BCUT2D eigenvalue weighted by Crippen LogP contribution is -2.23. The molecule has 4 heteroatoms. The van der Waals surface area contributed by atoms with Crippen LogP contribution in [-0.2, 0) is 28.0 Å². The van der Waals surface area contributed by atoms with Crippen LogP contribution in [0.5, 0.6) is 0 Å². The van der Waals surface area contributed by atoms with Crippen LogP contribution in [-0.4, -0.2) is 22.9 Å². The van der Waals surface area contributed by atoms with Crippen molar-refractivity contribution in [2.24, 2.45) is 0 Å². The van der Waals surface area contributed by atoms with Gasteiger partial charge in [0.2, 0.25) is 0 Å². The SMILES string of the molecule is CC.COC(C)(C)c1c(CC(=O)Cc2cccnc2)cnc2ccccc12. The van der Waals surface area contributed by atoms with Crippen LogP contribution in [0.4, 0.5) is 0 Å². The topological polar surface area (TPSA) is 52.1 Å². The normalized spacial score (nSPS) is 11.0. The van der Waals surface area contributed by atoms with Crippen LogP contribution in [0.1, 0.15) is 44.4 Å². The van der Waals surface area contributed by atoms with Gasteiger partial charge in [-0.15, -0.1) is 0 Å². The Morgan fingerprint density at radius 2 is 1.78 bits per heavy atom. The molecule has 27 heavy (non-hydrogen) atoms. The quantitative estimate of drug-likeness (QED) is 0.625. The molecule has 0 aliphatic rings. The summed E-state index contributed by atoms with van der Waals surface area (Å²) in [5.74, 6) is 0.137. The van der Waals surface area contributed by atoms with E-state index in [0.29, 0.717) is 12.8 Å². The van der Waals surface area contributed by atoms with E-state index in [1.165, 1.54) is 0 Å². The Morgan fingerprint density at radius 1 is 1.04 bits per heavy atom. The molecule has 0 fully saturated rings. The van der Waals surface area contributed by atoms with E-state index < -0.39 is 5.60 Å². The Morgan fingerprint density at radius 3 is 2.44 bits per heavy atom.